The molecular formula is C23H18BrN3O4S. The third kappa shape index (κ3) is 3.47. The lowest BCUT2D eigenvalue weighted by atomic mass is 10.0. The highest BCUT2D eigenvalue weighted by atomic mass is 79.9. The first kappa shape index (κ1) is 20.7. The number of amides is 1. The van der Waals surface area contributed by atoms with Gasteiger partial charge in [0.2, 0.25) is 0 Å². The van der Waals surface area contributed by atoms with Crippen molar-refractivity contribution < 1.29 is 17.6 Å². The number of aliphatic imine (C=N–C) groups is 1. The van der Waals surface area contributed by atoms with Gasteiger partial charge >= 0.3 is 0 Å². The van der Waals surface area contributed by atoms with Gasteiger partial charge in [-0.2, -0.15) is 0 Å². The lowest BCUT2D eigenvalue weighted by molar-refractivity contribution is -0.115. The quantitative estimate of drug-likeness (QED) is 0.444. The maximum Gasteiger partial charge on any atom is 0.273 e. The molecule has 32 heavy (non-hydrogen) atoms. The Balaban J connectivity index is 1.69. The second-order valence-corrected chi connectivity index (χ2v) is 10.3. The molecule has 2 aromatic carbocycles. The van der Waals surface area contributed by atoms with Crippen LogP contribution in [0.5, 0.6) is 0 Å². The molecule has 9 heteroatoms. The number of halogens is 1. The molecule has 162 valence electrons. The van der Waals surface area contributed by atoms with Crippen molar-refractivity contribution in [3.8, 4) is 0 Å². The minimum Gasteiger partial charge on any atom is -0.463 e. The molecule has 4 aromatic rings. The summed E-state index contributed by atoms with van der Waals surface area (Å²) in [5.41, 5.74) is 2.39. The molecule has 1 amide bonds. The van der Waals surface area contributed by atoms with E-state index in [2.05, 4.69) is 26.2 Å². The fourth-order valence-electron chi connectivity index (χ4n) is 3.79. The zero-order valence-electron chi connectivity index (χ0n) is 16.9. The van der Waals surface area contributed by atoms with Crippen molar-refractivity contribution >= 4 is 48.5 Å². The number of aryl methyl sites for hydroxylation is 1. The van der Waals surface area contributed by atoms with Gasteiger partial charge in [0, 0.05) is 28.2 Å². The molecule has 5 rings (SSSR count). The molecule has 1 aliphatic heterocycles. The van der Waals surface area contributed by atoms with Crippen LogP contribution in [-0.4, -0.2) is 30.6 Å². The van der Waals surface area contributed by atoms with E-state index in [-0.39, 0.29) is 23.1 Å². The van der Waals surface area contributed by atoms with Crippen molar-refractivity contribution in [2.24, 2.45) is 4.99 Å². The number of aromatic nitrogens is 1. The number of rotatable bonds is 4. The number of furan rings is 1. The van der Waals surface area contributed by atoms with Gasteiger partial charge in [0.15, 0.2) is 11.5 Å². The Labute approximate surface area is 192 Å². The van der Waals surface area contributed by atoms with Crippen molar-refractivity contribution in [2.45, 2.75) is 17.9 Å². The van der Waals surface area contributed by atoms with E-state index in [0.717, 1.165) is 15.4 Å². The van der Waals surface area contributed by atoms with E-state index < -0.39 is 16.1 Å². The van der Waals surface area contributed by atoms with Crippen LogP contribution >= 0.6 is 15.9 Å². The topological polar surface area (TPSA) is 93.7 Å². The average Bonchev–Trinajstić information content (AvgIpc) is 3.43. The maximum absolute atomic E-state index is 13.5. The molecule has 0 aliphatic carbocycles. The highest BCUT2D eigenvalue weighted by molar-refractivity contribution is 9.10. The van der Waals surface area contributed by atoms with E-state index in [1.165, 1.54) is 10.2 Å². The molecule has 1 N–H and O–H groups in total. The van der Waals surface area contributed by atoms with E-state index in [1.807, 2.05) is 19.1 Å². The Morgan fingerprint density at radius 1 is 1.16 bits per heavy atom. The summed E-state index contributed by atoms with van der Waals surface area (Å²) >= 11 is 3.44. The first-order valence-electron chi connectivity index (χ1n) is 9.87. The van der Waals surface area contributed by atoms with Gasteiger partial charge in [-0.25, -0.2) is 12.4 Å². The Hall–Kier alpha value is -3.17. The third-order valence-corrected chi connectivity index (χ3v) is 7.59. The summed E-state index contributed by atoms with van der Waals surface area (Å²) in [4.78, 5) is 17.2. The molecule has 1 atom stereocenters. The van der Waals surface area contributed by atoms with Gasteiger partial charge in [0.25, 0.3) is 15.9 Å². The molecule has 1 unspecified atom stereocenters. The number of nitrogens with zero attached hydrogens (tertiary/aromatic N) is 2. The van der Waals surface area contributed by atoms with Crippen LogP contribution in [0.4, 0.5) is 0 Å². The summed E-state index contributed by atoms with van der Waals surface area (Å²) in [6.45, 7) is 2.16. The Bertz CT molecular complexity index is 1470. The summed E-state index contributed by atoms with van der Waals surface area (Å²) in [7, 11) is -3.84. The van der Waals surface area contributed by atoms with Gasteiger partial charge in [0.1, 0.15) is 0 Å². The molecule has 0 radical (unpaired) electrons. The molecule has 2 aromatic heterocycles. The first-order valence-corrected chi connectivity index (χ1v) is 12.1. The van der Waals surface area contributed by atoms with Crippen LogP contribution in [0.2, 0.25) is 0 Å². The van der Waals surface area contributed by atoms with Crippen LogP contribution in [0.15, 0.2) is 85.8 Å². The first-order chi connectivity index (χ1) is 15.3. The number of hydrogen-bond acceptors (Lipinski definition) is 5. The van der Waals surface area contributed by atoms with Gasteiger partial charge in [-0.1, -0.05) is 39.7 Å². The van der Waals surface area contributed by atoms with Gasteiger partial charge in [-0.3, -0.25) is 9.79 Å². The summed E-state index contributed by atoms with van der Waals surface area (Å²) in [5, 5.41) is 3.58. The second kappa shape index (κ2) is 7.75. The second-order valence-electron chi connectivity index (χ2n) is 7.54. The molecule has 3 heterocycles. The largest absolute Gasteiger partial charge is 0.463 e. The molecule has 0 spiro atoms. The standard InChI is InChI=1S/C23H18BrN3O4S/c1-14-4-7-16(8-5-14)32(29,30)27-13-18(17-9-6-15(24)11-20(17)27)19-12-25-23(28)22(26-19)21-3-2-10-31-21/h2-11,13,19H,12H2,1H3,(H,25,28). The van der Waals surface area contributed by atoms with Gasteiger partial charge in [-0.05, 0) is 43.3 Å². The van der Waals surface area contributed by atoms with Gasteiger partial charge < -0.3 is 9.73 Å². The average molecular weight is 512 g/mol. The third-order valence-electron chi connectivity index (χ3n) is 5.41. The van der Waals surface area contributed by atoms with Crippen LogP contribution in [-0.2, 0) is 14.8 Å². The Morgan fingerprint density at radius 2 is 1.94 bits per heavy atom. The van der Waals surface area contributed by atoms with Crippen molar-refractivity contribution in [1.82, 2.24) is 9.29 Å². The van der Waals surface area contributed by atoms with E-state index in [9.17, 15) is 13.2 Å². The highest BCUT2D eigenvalue weighted by Gasteiger charge is 2.29. The lowest BCUT2D eigenvalue weighted by Gasteiger charge is -2.20. The number of carbonyl (C=O) groups is 1. The SMILES string of the molecule is Cc1ccc(S(=O)(=O)n2cc(C3CNC(=O)C(c4ccco4)=N3)c3ccc(Br)cc32)cc1. The number of hydrogen-bond donors (Lipinski definition) is 1. The maximum atomic E-state index is 13.5. The summed E-state index contributed by atoms with van der Waals surface area (Å²) in [6, 6.07) is 15.1. The number of fused-ring (bicyclic) bond motifs is 1. The van der Waals surface area contributed by atoms with E-state index in [1.54, 1.807) is 48.7 Å². The normalized spacial score (nSPS) is 16.8. The highest BCUT2D eigenvalue weighted by Crippen LogP contribution is 2.34. The molecule has 0 saturated heterocycles. The van der Waals surface area contributed by atoms with Crippen LogP contribution in [0.1, 0.15) is 22.9 Å². The Morgan fingerprint density at radius 3 is 2.66 bits per heavy atom. The molecular weight excluding hydrogens is 494 g/mol. The van der Waals surface area contributed by atoms with Crippen molar-refractivity contribution in [1.29, 1.82) is 0 Å². The van der Waals surface area contributed by atoms with E-state index >= 15 is 0 Å². The van der Waals surface area contributed by atoms with E-state index in [4.69, 9.17) is 4.42 Å². The predicted octanol–water partition coefficient (Wildman–Crippen LogP) is 4.20. The monoisotopic (exact) mass is 511 g/mol. The van der Waals surface area contributed by atoms with Gasteiger partial charge in [-0.15, -0.1) is 0 Å². The number of benzene rings is 2. The molecule has 0 saturated carbocycles. The van der Waals surface area contributed by atoms with E-state index in [0.29, 0.717) is 16.8 Å². The van der Waals surface area contributed by atoms with Crippen LogP contribution in [0.3, 0.4) is 0 Å². The molecule has 0 bridgehead atoms. The summed E-state index contributed by atoms with van der Waals surface area (Å²) in [6.07, 6.45) is 3.07. The molecule has 0 fully saturated rings. The summed E-state index contributed by atoms with van der Waals surface area (Å²) in [5.74, 6) is 0.0425. The van der Waals surface area contributed by atoms with Gasteiger partial charge in [0.05, 0.1) is 22.7 Å². The van der Waals surface area contributed by atoms with Crippen LogP contribution in [0.25, 0.3) is 10.9 Å². The lowest BCUT2D eigenvalue weighted by Crippen LogP contribution is -2.39. The predicted molar refractivity (Wildman–Crippen MR) is 124 cm³/mol. The zero-order valence-corrected chi connectivity index (χ0v) is 19.4. The minimum absolute atomic E-state index is 0.186. The van der Waals surface area contributed by atoms with Crippen molar-refractivity contribution in [3.63, 3.8) is 0 Å². The zero-order chi connectivity index (χ0) is 22.5. The van der Waals surface area contributed by atoms with Crippen molar-refractivity contribution in [2.75, 3.05) is 6.54 Å². The molecule has 7 nitrogen and oxygen atoms in total. The number of carbonyl (C=O) groups excluding carboxylic acids is 1. The van der Waals surface area contributed by atoms with Crippen LogP contribution < -0.4 is 5.32 Å². The fraction of sp³-hybridized carbons (Fsp3) is 0.130. The molecule has 1 aliphatic rings. The number of nitrogens with one attached hydrogen (secondary N) is 1. The summed E-state index contributed by atoms with van der Waals surface area (Å²) < 4.78 is 34.4. The minimum atomic E-state index is -3.84. The van der Waals surface area contributed by atoms with Crippen molar-refractivity contribution in [3.05, 3.63) is 88.4 Å². The Kier molecular flexibility index (Phi) is 5.02. The van der Waals surface area contributed by atoms with Crippen LogP contribution in [0, 0.1) is 6.92 Å². The smallest absolute Gasteiger partial charge is 0.273 e. The fourth-order valence-corrected chi connectivity index (χ4v) is 5.50.